The molecule has 1 N–H and O–H groups in total. The van der Waals surface area contributed by atoms with Crippen LogP contribution in [0.25, 0.3) is 11.1 Å². The van der Waals surface area contributed by atoms with Crippen LogP contribution in [0.1, 0.15) is 23.2 Å². The van der Waals surface area contributed by atoms with Crippen LogP contribution in [0.5, 0.6) is 0 Å². The number of amides is 1. The summed E-state index contributed by atoms with van der Waals surface area (Å²) in [5, 5.41) is 2.96. The number of hydrogen-bond acceptors (Lipinski definition) is 3. The van der Waals surface area contributed by atoms with Crippen molar-refractivity contribution in [3.05, 3.63) is 48.0 Å². The summed E-state index contributed by atoms with van der Waals surface area (Å²) < 4.78 is 26.4. The molecule has 1 fully saturated rings. The standard InChI is InChI=1S/C17H16N2O3S/c1-19-15-9-6-11(17(20)18-12-7-8-12)10-14(15)13-4-2-3-5-16(13)23(19,21)22/h2-6,9-10,12H,7-8H2,1H3,(H,18,20). The fourth-order valence-electron chi connectivity index (χ4n) is 2.86. The summed E-state index contributed by atoms with van der Waals surface area (Å²) >= 11 is 0. The Bertz CT molecular complexity index is 917. The Kier molecular flexibility index (Phi) is 2.99. The minimum absolute atomic E-state index is 0.108. The molecule has 2 aromatic carbocycles. The van der Waals surface area contributed by atoms with Gasteiger partial charge in [0.05, 0.1) is 10.6 Å². The van der Waals surface area contributed by atoms with Gasteiger partial charge in [0.15, 0.2) is 0 Å². The van der Waals surface area contributed by atoms with E-state index >= 15 is 0 Å². The van der Waals surface area contributed by atoms with Crippen LogP contribution in [0, 0.1) is 0 Å². The molecule has 23 heavy (non-hydrogen) atoms. The third-order valence-electron chi connectivity index (χ3n) is 4.33. The van der Waals surface area contributed by atoms with Crippen LogP contribution in [0.2, 0.25) is 0 Å². The van der Waals surface area contributed by atoms with Gasteiger partial charge in [0, 0.05) is 29.8 Å². The summed E-state index contributed by atoms with van der Waals surface area (Å²) in [5.74, 6) is -0.108. The van der Waals surface area contributed by atoms with Crippen LogP contribution in [-0.4, -0.2) is 27.4 Å². The summed E-state index contributed by atoms with van der Waals surface area (Å²) in [5.41, 5.74) is 2.55. The third-order valence-corrected chi connectivity index (χ3v) is 6.16. The van der Waals surface area contributed by atoms with Crippen molar-refractivity contribution in [1.82, 2.24) is 5.32 Å². The zero-order valence-corrected chi connectivity index (χ0v) is 13.4. The van der Waals surface area contributed by atoms with Gasteiger partial charge in [-0.1, -0.05) is 18.2 Å². The van der Waals surface area contributed by atoms with E-state index in [4.69, 9.17) is 0 Å². The molecule has 5 nitrogen and oxygen atoms in total. The SMILES string of the molecule is CN1c2ccc(C(=O)NC3CC3)cc2-c2ccccc2S1(=O)=O. The Morgan fingerprint density at radius 1 is 1.13 bits per heavy atom. The first-order valence-corrected chi connectivity index (χ1v) is 8.96. The maximum Gasteiger partial charge on any atom is 0.264 e. The first-order valence-electron chi connectivity index (χ1n) is 7.52. The van der Waals surface area contributed by atoms with Crippen molar-refractivity contribution >= 4 is 21.6 Å². The van der Waals surface area contributed by atoms with Gasteiger partial charge in [-0.05, 0) is 37.1 Å². The van der Waals surface area contributed by atoms with Crippen LogP contribution in [0.4, 0.5) is 5.69 Å². The summed E-state index contributed by atoms with van der Waals surface area (Å²) in [6.45, 7) is 0. The van der Waals surface area contributed by atoms with Crippen molar-refractivity contribution in [1.29, 1.82) is 0 Å². The van der Waals surface area contributed by atoms with E-state index in [1.54, 1.807) is 42.5 Å². The maximum atomic E-state index is 12.6. The number of sulfonamides is 1. The van der Waals surface area contributed by atoms with E-state index in [0.29, 0.717) is 16.8 Å². The van der Waals surface area contributed by atoms with Crippen LogP contribution in [-0.2, 0) is 10.0 Å². The van der Waals surface area contributed by atoms with E-state index < -0.39 is 10.0 Å². The largest absolute Gasteiger partial charge is 0.349 e. The number of anilines is 1. The van der Waals surface area contributed by atoms with Crippen LogP contribution >= 0.6 is 0 Å². The minimum Gasteiger partial charge on any atom is -0.349 e. The lowest BCUT2D eigenvalue weighted by molar-refractivity contribution is 0.0951. The quantitative estimate of drug-likeness (QED) is 0.920. The lowest BCUT2D eigenvalue weighted by Crippen LogP contribution is -2.31. The van der Waals surface area contributed by atoms with E-state index in [-0.39, 0.29) is 16.8 Å². The molecule has 0 aromatic heterocycles. The molecule has 0 bridgehead atoms. The monoisotopic (exact) mass is 328 g/mol. The molecule has 6 heteroatoms. The highest BCUT2D eigenvalue weighted by Gasteiger charge is 2.33. The van der Waals surface area contributed by atoms with Gasteiger partial charge < -0.3 is 5.32 Å². The lowest BCUT2D eigenvalue weighted by atomic mass is 10.00. The number of fused-ring (bicyclic) bond motifs is 3. The van der Waals surface area contributed by atoms with Gasteiger partial charge >= 0.3 is 0 Å². The molecule has 0 saturated heterocycles. The third kappa shape index (κ3) is 2.21. The van der Waals surface area contributed by atoms with Crippen molar-refractivity contribution in [2.24, 2.45) is 0 Å². The van der Waals surface area contributed by atoms with Gasteiger partial charge in [-0.25, -0.2) is 8.42 Å². The van der Waals surface area contributed by atoms with Crippen molar-refractivity contribution < 1.29 is 13.2 Å². The fraction of sp³-hybridized carbons (Fsp3) is 0.235. The van der Waals surface area contributed by atoms with E-state index in [9.17, 15) is 13.2 Å². The molecule has 1 amide bonds. The van der Waals surface area contributed by atoms with E-state index in [1.165, 1.54) is 11.4 Å². The Balaban J connectivity index is 1.87. The Morgan fingerprint density at radius 3 is 2.61 bits per heavy atom. The summed E-state index contributed by atoms with van der Waals surface area (Å²) in [6, 6.07) is 12.3. The summed E-state index contributed by atoms with van der Waals surface area (Å²) in [4.78, 5) is 12.5. The van der Waals surface area contributed by atoms with E-state index in [0.717, 1.165) is 18.4 Å². The molecule has 0 spiro atoms. The second kappa shape index (κ2) is 4.83. The van der Waals surface area contributed by atoms with Crippen LogP contribution in [0.3, 0.4) is 0 Å². The number of hydrogen-bond donors (Lipinski definition) is 1. The first kappa shape index (κ1) is 14.3. The Morgan fingerprint density at radius 2 is 1.87 bits per heavy atom. The predicted octanol–water partition coefficient (Wildman–Crippen LogP) is 2.38. The summed E-state index contributed by atoms with van der Waals surface area (Å²) in [6.07, 6.45) is 2.06. The number of carbonyl (C=O) groups is 1. The molecular formula is C17H16N2O3S. The van der Waals surface area contributed by atoms with Crippen molar-refractivity contribution in [3.63, 3.8) is 0 Å². The van der Waals surface area contributed by atoms with E-state index in [2.05, 4.69) is 5.32 Å². The zero-order valence-electron chi connectivity index (χ0n) is 12.6. The molecule has 0 atom stereocenters. The number of rotatable bonds is 2. The van der Waals surface area contributed by atoms with Gasteiger partial charge in [0.25, 0.3) is 15.9 Å². The molecule has 1 heterocycles. The molecule has 1 aliphatic heterocycles. The highest BCUT2D eigenvalue weighted by molar-refractivity contribution is 7.93. The molecule has 118 valence electrons. The smallest absolute Gasteiger partial charge is 0.264 e. The fourth-order valence-corrected chi connectivity index (χ4v) is 4.27. The molecule has 1 aliphatic carbocycles. The average molecular weight is 328 g/mol. The van der Waals surface area contributed by atoms with Gasteiger partial charge in [0.2, 0.25) is 0 Å². The van der Waals surface area contributed by atoms with Gasteiger partial charge in [-0.3, -0.25) is 9.10 Å². The average Bonchev–Trinajstić information content (AvgIpc) is 3.36. The number of nitrogens with one attached hydrogen (secondary N) is 1. The van der Waals surface area contributed by atoms with Gasteiger partial charge in [0.1, 0.15) is 0 Å². The predicted molar refractivity (Wildman–Crippen MR) is 88.0 cm³/mol. The van der Waals surface area contributed by atoms with Crippen molar-refractivity contribution in [2.45, 2.75) is 23.8 Å². The van der Waals surface area contributed by atoms with Crippen molar-refractivity contribution in [3.8, 4) is 11.1 Å². The highest BCUT2D eigenvalue weighted by Crippen LogP contribution is 2.42. The maximum absolute atomic E-state index is 12.6. The molecule has 2 aliphatic rings. The second-order valence-electron chi connectivity index (χ2n) is 5.95. The van der Waals surface area contributed by atoms with Crippen molar-refractivity contribution in [2.75, 3.05) is 11.4 Å². The zero-order chi connectivity index (χ0) is 16.2. The van der Waals surface area contributed by atoms with Gasteiger partial charge in [-0.2, -0.15) is 0 Å². The normalized spacial score (nSPS) is 18.0. The van der Waals surface area contributed by atoms with E-state index in [1.807, 2.05) is 0 Å². The highest BCUT2D eigenvalue weighted by atomic mass is 32.2. The Hall–Kier alpha value is -2.34. The molecule has 2 aromatic rings. The van der Waals surface area contributed by atoms with Crippen LogP contribution < -0.4 is 9.62 Å². The number of carbonyl (C=O) groups excluding carboxylic acids is 1. The molecular weight excluding hydrogens is 312 g/mol. The molecule has 0 unspecified atom stereocenters. The minimum atomic E-state index is -3.54. The molecule has 4 rings (SSSR count). The van der Waals surface area contributed by atoms with Gasteiger partial charge in [-0.15, -0.1) is 0 Å². The number of nitrogens with zero attached hydrogens (tertiary/aromatic N) is 1. The van der Waals surface area contributed by atoms with Crippen LogP contribution in [0.15, 0.2) is 47.4 Å². The Labute approximate surface area is 135 Å². The molecule has 1 saturated carbocycles. The lowest BCUT2D eigenvalue weighted by Gasteiger charge is -2.29. The topological polar surface area (TPSA) is 66.5 Å². The first-order chi connectivity index (χ1) is 11.0. The molecule has 0 radical (unpaired) electrons. The summed E-state index contributed by atoms with van der Waals surface area (Å²) in [7, 11) is -2.01. The number of benzene rings is 2. The second-order valence-corrected chi connectivity index (χ2v) is 7.89.